The molecule has 16 heavy (non-hydrogen) atoms. The molecule has 2 rings (SSSR count). The SMILES string of the molecule is CC(O)(CNC1CCCOC1)C1CCCC1. The quantitative estimate of drug-likeness (QED) is 0.768. The summed E-state index contributed by atoms with van der Waals surface area (Å²) in [6.45, 7) is 4.41. The molecule has 1 saturated heterocycles. The second kappa shape index (κ2) is 5.48. The second-order valence-corrected chi connectivity index (χ2v) is 5.63. The van der Waals surface area contributed by atoms with Gasteiger partial charge in [0, 0.05) is 19.2 Å². The van der Waals surface area contributed by atoms with Gasteiger partial charge in [0.15, 0.2) is 0 Å². The van der Waals surface area contributed by atoms with E-state index in [1.807, 2.05) is 6.92 Å². The number of nitrogens with one attached hydrogen (secondary N) is 1. The highest BCUT2D eigenvalue weighted by molar-refractivity contribution is 4.88. The van der Waals surface area contributed by atoms with Crippen LogP contribution in [-0.2, 0) is 4.74 Å². The Morgan fingerprint density at radius 1 is 1.25 bits per heavy atom. The van der Waals surface area contributed by atoms with Crippen LogP contribution in [0.4, 0.5) is 0 Å². The van der Waals surface area contributed by atoms with Crippen molar-refractivity contribution in [3.05, 3.63) is 0 Å². The third kappa shape index (κ3) is 3.19. The summed E-state index contributed by atoms with van der Waals surface area (Å²) in [6.07, 6.45) is 7.27. The van der Waals surface area contributed by atoms with Gasteiger partial charge in [-0.25, -0.2) is 0 Å². The van der Waals surface area contributed by atoms with E-state index in [2.05, 4.69) is 5.32 Å². The van der Waals surface area contributed by atoms with Gasteiger partial charge in [0.05, 0.1) is 12.2 Å². The Morgan fingerprint density at radius 3 is 2.62 bits per heavy atom. The normalized spacial score (nSPS) is 31.5. The summed E-state index contributed by atoms with van der Waals surface area (Å²) in [5.41, 5.74) is -0.534. The molecule has 2 unspecified atom stereocenters. The Kier molecular flexibility index (Phi) is 4.22. The Balaban J connectivity index is 1.74. The summed E-state index contributed by atoms with van der Waals surface area (Å²) in [5, 5.41) is 13.9. The number of rotatable bonds is 4. The summed E-state index contributed by atoms with van der Waals surface area (Å²) in [5.74, 6) is 0.490. The Bertz CT molecular complexity index is 206. The van der Waals surface area contributed by atoms with Crippen LogP contribution in [0.3, 0.4) is 0 Å². The maximum atomic E-state index is 10.4. The van der Waals surface area contributed by atoms with E-state index in [-0.39, 0.29) is 0 Å². The molecule has 2 N–H and O–H groups in total. The zero-order chi connectivity index (χ0) is 11.4. The van der Waals surface area contributed by atoms with Gasteiger partial charge in [-0.1, -0.05) is 12.8 Å². The highest BCUT2D eigenvalue weighted by Crippen LogP contribution is 2.33. The molecule has 94 valence electrons. The molecule has 3 heteroatoms. The molecule has 2 aliphatic rings. The molecule has 0 bridgehead atoms. The summed E-state index contributed by atoms with van der Waals surface area (Å²) in [7, 11) is 0. The summed E-state index contributed by atoms with van der Waals surface area (Å²) in [4.78, 5) is 0. The Labute approximate surface area is 98.6 Å². The Hall–Kier alpha value is -0.120. The molecule has 0 aromatic rings. The van der Waals surface area contributed by atoms with Crippen molar-refractivity contribution in [2.45, 2.75) is 57.1 Å². The van der Waals surface area contributed by atoms with Gasteiger partial charge in [-0.3, -0.25) is 0 Å². The first-order valence-electron chi connectivity index (χ1n) is 6.72. The third-order valence-electron chi connectivity index (χ3n) is 4.14. The fraction of sp³-hybridized carbons (Fsp3) is 1.00. The number of hydrogen-bond acceptors (Lipinski definition) is 3. The lowest BCUT2D eigenvalue weighted by molar-refractivity contribution is -0.00764. The first-order chi connectivity index (χ1) is 7.68. The van der Waals surface area contributed by atoms with E-state index in [1.165, 1.54) is 32.1 Å². The first-order valence-corrected chi connectivity index (χ1v) is 6.72. The van der Waals surface area contributed by atoms with Crippen LogP contribution < -0.4 is 5.32 Å². The van der Waals surface area contributed by atoms with Crippen molar-refractivity contribution in [3.8, 4) is 0 Å². The van der Waals surface area contributed by atoms with Crippen molar-refractivity contribution in [2.24, 2.45) is 5.92 Å². The minimum Gasteiger partial charge on any atom is -0.389 e. The molecule has 0 aromatic heterocycles. The maximum Gasteiger partial charge on any atom is 0.0771 e. The van der Waals surface area contributed by atoms with Gasteiger partial charge in [0.1, 0.15) is 0 Å². The summed E-state index contributed by atoms with van der Waals surface area (Å²) >= 11 is 0. The molecule has 0 spiro atoms. The zero-order valence-electron chi connectivity index (χ0n) is 10.4. The topological polar surface area (TPSA) is 41.5 Å². The van der Waals surface area contributed by atoms with Crippen molar-refractivity contribution in [3.63, 3.8) is 0 Å². The van der Waals surface area contributed by atoms with E-state index >= 15 is 0 Å². The number of ether oxygens (including phenoxy) is 1. The van der Waals surface area contributed by atoms with E-state index < -0.39 is 5.60 Å². The van der Waals surface area contributed by atoms with Crippen LogP contribution in [0.5, 0.6) is 0 Å². The van der Waals surface area contributed by atoms with Crippen molar-refractivity contribution >= 4 is 0 Å². The van der Waals surface area contributed by atoms with Gasteiger partial charge in [-0.15, -0.1) is 0 Å². The fourth-order valence-corrected chi connectivity index (χ4v) is 2.94. The standard InChI is InChI=1S/C13H25NO2/c1-13(15,11-5-2-3-6-11)10-14-12-7-4-8-16-9-12/h11-12,14-15H,2-10H2,1H3. The molecule has 1 heterocycles. The highest BCUT2D eigenvalue weighted by atomic mass is 16.5. The van der Waals surface area contributed by atoms with Gasteiger partial charge in [-0.2, -0.15) is 0 Å². The molecule has 3 nitrogen and oxygen atoms in total. The first kappa shape index (κ1) is 12.3. The van der Waals surface area contributed by atoms with E-state index in [0.29, 0.717) is 18.5 Å². The fourth-order valence-electron chi connectivity index (χ4n) is 2.94. The van der Waals surface area contributed by atoms with Gasteiger partial charge in [0.25, 0.3) is 0 Å². The summed E-state index contributed by atoms with van der Waals surface area (Å²) < 4.78 is 5.43. The molecule has 1 aliphatic carbocycles. The van der Waals surface area contributed by atoms with Crippen LogP contribution in [0.2, 0.25) is 0 Å². The predicted octanol–water partition coefficient (Wildman–Crippen LogP) is 1.70. The van der Waals surface area contributed by atoms with Gasteiger partial charge in [-0.05, 0) is 38.5 Å². The van der Waals surface area contributed by atoms with Crippen LogP contribution in [0.15, 0.2) is 0 Å². The average Bonchev–Trinajstić information content (AvgIpc) is 2.82. The maximum absolute atomic E-state index is 10.4. The van der Waals surface area contributed by atoms with Crippen LogP contribution in [0, 0.1) is 5.92 Å². The smallest absolute Gasteiger partial charge is 0.0771 e. The lowest BCUT2D eigenvalue weighted by Gasteiger charge is -2.33. The van der Waals surface area contributed by atoms with Crippen LogP contribution in [-0.4, -0.2) is 36.5 Å². The van der Waals surface area contributed by atoms with E-state index in [4.69, 9.17) is 4.74 Å². The van der Waals surface area contributed by atoms with Gasteiger partial charge in [0.2, 0.25) is 0 Å². The molecular formula is C13H25NO2. The lowest BCUT2D eigenvalue weighted by Crippen LogP contribution is -2.48. The largest absolute Gasteiger partial charge is 0.389 e. The minimum absolute atomic E-state index is 0.446. The second-order valence-electron chi connectivity index (χ2n) is 5.63. The molecule has 1 saturated carbocycles. The molecule has 0 aromatic carbocycles. The van der Waals surface area contributed by atoms with Crippen LogP contribution >= 0.6 is 0 Å². The van der Waals surface area contributed by atoms with E-state index in [1.54, 1.807) is 0 Å². The third-order valence-corrected chi connectivity index (χ3v) is 4.14. The van der Waals surface area contributed by atoms with Crippen molar-refractivity contribution < 1.29 is 9.84 Å². The van der Waals surface area contributed by atoms with Crippen molar-refractivity contribution in [2.75, 3.05) is 19.8 Å². The molecular weight excluding hydrogens is 202 g/mol. The van der Waals surface area contributed by atoms with Gasteiger partial charge < -0.3 is 15.2 Å². The molecule has 0 radical (unpaired) electrons. The monoisotopic (exact) mass is 227 g/mol. The molecule has 1 aliphatic heterocycles. The molecule has 2 fully saturated rings. The molecule has 0 amide bonds. The van der Waals surface area contributed by atoms with Crippen molar-refractivity contribution in [1.29, 1.82) is 0 Å². The Morgan fingerprint density at radius 2 is 2.00 bits per heavy atom. The molecule has 2 atom stereocenters. The lowest BCUT2D eigenvalue weighted by atomic mass is 9.87. The highest BCUT2D eigenvalue weighted by Gasteiger charge is 2.34. The van der Waals surface area contributed by atoms with Crippen molar-refractivity contribution in [1.82, 2.24) is 5.32 Å². The predicted molar refractivity (Wildman–Crippen MR) is 64.4 cm³/mol. The zero-order valence-corrected chi connectivity index (χ0v) is 10.4. The minimum atomic E-state index is -0.534. The van der Waals surface area contributed by atoms with E-state index in [0.717, 1.165) is 19.6 Å². The van der Waals surface area contributed by atoms with Crippen LogP contribution in [0.25, 0.3) is 0 Å². The number of hydrogen-bond donors (Lipinski definition) is 2. The number of aliphatic hydroxyl groups is 1. The van der Waals surface area contributed by atoms with Crippen LogP contribution in [0.1, 0.15) is 45.4 Å². The van der Waals surface area contributed by atoms with Gasteiger partial charge >= 0.3 is 0 Å². The van der Waals surface area contributed by atoms with E-state index in [9.17, 15) is 5.11 Å². The average molecular weight is 227 g/mol. The summed E-state index contributed by atoms with van der Waals surface area (Å²) in [6, 6.07) is 0.446.